The number of carbonyl (C=O) groups excluding carboxylic acids is 1. The Kier molecular flexibility index (Phi) is 4.21. The molecule has 25 heavy (non-hydrogen) atoms. The summed E-state index contributed by atoms with van der Waals surface area (Å²) in [5, 5.41) is 0. The minimum absolute atomic E-state index is 0.0193. The molecule has 7 heteroatoms. The third-order valence-corrected chi connectivity index (χ3v) is 4.99. The molecule has 0 spiro atoms. The number of pyridine rings is 1. The fraction of sp³-hybridized carbons (Fsp3) is 0.444. The van der Waals surface area contributed by atoms with Gasteiger partial charge in [0.25, 0.3) is 5.88 Å². The molecule has 3 saturated heterocycles. The van der Waals surface area contributed by atoms with Crippen molar-refractivity contribution < 1.29 is 9.53 Å². The van der Waals surface area contributed by atoms with Gasteiger partial charge in [-0.25, -0.2) is 9.97 Å². The summed E-state index contributed by atoms with van der Waals surface area (Å²) in [4.78, 5) is 30.1. The lowest BCUT2D eigenvalue weighted by atomic mass is 9.94. The van der Waals surface area contributed by atoms with Crippen LogP contribution in [0.15, 0.2) is 36.8 Å². The summed E-state index contributed by atoms with van der Waals surface area (Å²) in [5.74, 6) is 1.42. The lowest BCUT2D eigenvalue weighted by molar-refractivity contribution is -0.140. The highest BCUT2D eigenvalue weighted by molar-refractivity contribution is 5.81. The van der Waals surface area contributed by atoms with Gasteiger partial charge in [0.05, 0.1) is 25.3 Å². The van der Waals surface area contributed by atoms with Crippen molar-refractivity contribution in [3.8, 4) is 5.88 Å². The van der Waals surface area contributed by atoms with E-state index in [0.29, 0.717) is 19.0 Å². The quantitative estimate of drug-likeness (QED) is 0.841. The van der Waals surface area contributed by atoms with Crippen LogP contribution in [0.5, 0.6) is 5.88 Å². The van der Waals surface area contributed by atoms with Gasteiger partial charge in [-0.05, 0) is 25.0 Å². The highest BCUT2D eigenvalue weighted by Gasteiger charge is 2.41. The Balaban J connectivity index is 1.60. The van der Waals surface area contributed by atoms with Crippen molar-refractivity contribution in [2.24, 2.45) is 5.92 Å². The summed E-state index contributed by atoms with van der Waals surface area (Å²) in [6, 6.07) is 5.97. The minimum atomic E-state index is -0.0193. The number of fused-ring (bicyclic) bond motifs is 4. The smallest absolute Gasteiger partial charge is 0.257 e. The van der Waals surface area contributed by atoms with E-state index in [1.165, 1.54) is 0 Å². The summed E-state index contributed by atoms with van der Waals surface area (Å²) < 4.78 is 5.36. The van der Waals surface area contributed by atoms with Crippen LogP contribution in [0, 0.1) is 5.92 Å². The molecule has 5 heterocycles. The van der Waals surface area contributed by atoms with E-state index in [4.69, 9.17) is 4.74 Å². The van der Waals surface area contributed by atoms with E-state index in [9.17, 15) is 4.79 Å². The lowest BCUT2D eigenvalue weighted by Gasteiger charge is -2.35. The molecular formula is C18H21N5O2. The molecule has 2 atom stereocenters. The maximum Gasteiger partial charge on any atom is 0.257 e. The zero-order valence-corrected chi connectivity index (χ0v) is 14.2. The Morgan fingerprint density at radius 1 is 1.12 bits per heavy atom. The minimum Gasteiger partial charge on any atom is -0.478 e. The maximum atomic E-state index is 12.9. The number of piperidine rings is 1. The van der Waals surface area contributed by atoms with Crippen LogP contribution >= 0.6 is 0 Å². The zero-order chi connectivity index (χ0) is 17.2. The van der Waals surface area contributed by atoms with Gasteiger partial charge in [-0.15, -0.1) is 0 Å². The van der Waals surface area contributed by atoms with Gasteiger partial charge in [0, 0.05) is 37.7 Å². The molecule has 3 aliphatic heterocycles. The van der Waals surface area contributed by atoms with Crippen LogP contribution in [-0.2, 0) is 11.3 Å². The standard InChI is InChI=1S/C18H21N5O2/c1-25-17-16(20-8-9-21-17)22-10-13-5-6-15(12-22)23(18(13)24)11-14-4-2-3-7-19-14/h2-4,7-9,13,15H,5-6,10-12H2,1H3/t13-,15+/m0/s1. The molecule has 5 rings (SSSR count). The number of nitrogens with zero attached hydrogens (tertiary/aromatic N) is 5. The van der Waals surface area contributed by atoms with Gasteiger partial charge in [-0.3, -0.25) is 9.78 Å². The molecule has 2 aromatic heterocycles. The molecular weight excluding hydrogens is 318 g/mol. The van der Waals surface area contributed by atoms with Crippen LogP contribution in [0.2, 0.25) is 0 Å². The lowest BCUT2D eigenvalue weighted by Crippen LogP contribution is -2.47. The highest BCUT2D eigenvalue weighted by Crippen LogP contribution is 2.34. The van der Waals surface area contributed by atoms with E-state index in [1.54, 1.807) is 25.7 Å². The van der Waals surface area contributed by atoms with Gasteiger partial charge in [-0.2, -0.15) is 0 Å². The molecule has 0 N–H and O–H groups in total. The predicted molar refractivity (Wildman–Crippen MR) is 92.1 cm³/mol. The monoisotopic (exact) mass is 339 g/mol. The number of ether oxygens (including phenoxy) is 1. The molecule has 0 aromatic carbocycles. The number of methoxy groups -OCH3 is 1. The maximum absolute atomic E-state index is 12.9. The molecule has 1 amide bonds. The summed E-state index contributed by atoms with van der Waals surface area (Å²) in [7, 11) is 1.60. The number of aromatic nitrogens is 3. The first kappa shape index (κ1) is 15.8. The SMILES string of the molecule is COc1nccnc1N1C[C@@H]2CC[C@H](C1)N(Cc1ccccn1)C2=O. The zero-order valence-electron chi connectivity index (χ0n) is 14.2. The third-order valence-electron chi connectivity index (χ3n) is 4.99. The average molecular weight is 339 g/mol. The van der Waals surface area contributed by atoms with Crippen molar-refractivity contribution in [2.75, 3.05) is 25.1 Å². The fourth-order valence-electron chi connectivity index (χ4n) is 3.77. The first-order chi connectivity index (χ1) is 12.3. The van der Waals surface area contributed by atoms with Gasteiger partial charge in [0.15, 0.2) is 5.82 Å². The molecule has 7 nitrogen and oxygen atoms in total. The predicted octanol–water partition coefficient (Wildman–Crippen LogP) is 1.51. The van der Waals surface area contributed by atoms with Gasteiger partial charge >= 0.3 is 0 Å². The first-order valence-corrected chi connectivity index (χ1v) is 8.56. The van der Waals surface area contributed by atoms with Gasteiger partial charge < -0.3 is 14.5 Å². The van der Waals surface area contributed by atoms with E-state index in [0.717, 1.165) is 30.9 Å². The first-order valence-electron chi connectivity index (χ1n) is 8.56. The second-order valence-electron chi connectivity index (χ2n) is 6.51. The van der Waals surface area contributed by atoms with Crippen molar-refractivity contribution in [3.63, 3.8) is 0 Å². The summed E-state index contributed by atoms with van der Waals surface area (Å²) in [6.45, 7) is 1.96. The van der Waals surface area contributed by atoms with Crippen LogP contribution in [0.4, 0.5) is 5.82 Å². The number of hydrogen-bond donors (Lipinski definition) is 0. The summed E-state index contributed by atoms with van der Waals surface area (Å²) >= 11 is 0. The normalized spacial score (nSPS) is 22.8. The van der Waals surface area contributed by atoms with Crippen LogP contribution in [0.1, 0.15) is 18.5 Å². The van der Waals surface area contributed by atoms with E-state index in [2.05, 4.69) is 19.9 Å². The van der Waals surface area contributed by atoms with Crippen molar-refractivity contribution in [3.05, 3.63) is 42.5 Å². The summed E-state index contributed by atoms with van der Waals surface area (Å²) in [6.07, 6.45) is 6.97. The topological polar surface area (TPSA) is 71.5 Å². The van der Waals surface area contributed by atoms with Crippen LogP contribution in [0.25, 0.3) is 0 Å². The molecule has 2 bridgehead atoms. The number of carbonyl (C=O) groups is 1. The van der Waals surface area contributed by atoms with E-state index in [-0.39, 0.29) is 17.9 Å². The Bertz CT molecular complexity index is 754. The number of hydrogen-bond acceptors (Lipinski definition) is 6. The molecule has 130 valence electrons. The number of rotatable bonds is 4. The number of anilines is 1. The Hall–Kier alpha value is -2.70. The van der Waals surface area contributed by atoms with Crippen molar-refractivity contribution in [1.29, 1.82) is 0 Å². The second-order valence-corrected chi connectivity index (χ2v) is 6.51. The van der Waals surface area contributed by atoms with Crippen LogP contribution in [0.3, 0.4) is 0 Å². The molecule has 2 aromatic rings. The molecule has 3 fully saturated rings. The van der Waals surface area contributed by atoms with Gasteiger partial charge in [0.1, 0.15) is 0 Å². The Morgan fingerprint density at radius 2 is 2.00 bits per heavy atom. The molecule has 0 radical (unpaired) electrons. The molecule has 0 aliphatic carbocycles. The third kappa shape index (κ3) is 3.01. The van der Waals surface area contributed by atoms with Crippen molar-refractivity contribution in [1.82, 2.24) is 19.9 Å². The van der Waals surface area contributed by atoms with E-state index < -0.39 is 0 Å². The molecule has 0 unspecified atom stereocenters. The van der Waals surface area contributed by atoms with Gasteiger partial charge in [-0.1, -0.05) is 6.07 Å². The second kappa shape index (κ2) is 6.66. The molecule has 3 aliphatic rings. The largest absolute Gasteiger partial charge is 0.478 e. The Labute approximate surface area is 146 Å². The molecule has 0 saturated carbocycles. The highest BCUT2D eigenvalue weighted by atomic mass is 16.5. The van der Waals surface area contributed by atoms with Crippen molar-refractivity contribution in [2.45, 2.75) is 25.4 Å². The van der Waals surface area contributed by atoms with Gasteiger partial charge in [0.2, 0.25) is 5.91 Å². The van der Waals surface area contributed by atoms with Crippen LogP contribution in [-0.4, -0.2) is 52.0 Å². The number of amides is 1. The van der Waals surface area contributed by atoms with E-state index in [1.807, 2.05) is 23.1 Å². The van der Waals surface area contributed by atoms with Crippen LogP contribution < -0.4 is 9.64 Å². The fourth-order valence-corrected chi connectivity index (χ4v) is 3.77. The van der Waals surface area contributed by atoms with E-state index >= 15 is 0 Å². The summed E-state index contributed by atoms with van der Waals surface area (Å²) in [5.41, 5.74) is 0.923. The Morgan fingerprint density at radius 3 is 2.80 bits per heavy atom. The average Bonchev–Trinajstić information content (AvgIpc) is 2.95. The van der Waals surface area contributed by atoms with Crippen molar-refractivity contribution >= 4 is 11.7 Å².